The highest BCUT2D eigenvalue weighted by Gasteiger charge is 2.19. The third-order valence-corrected chi connectivity index (χ3v) is 5.22. The van der Waals surface area contributed by atoms with Crippen molar-refractivity contribution in [3.05, 3.63) is 53.8 Å². The molecule has 1 N–H and O–H groups in total. The maximum absolute atomic E-state index is 13.3. The van der Waals surface area contributed by atoms with Crippen LogP contribution in [0, 0.1) is 5.82 Å². The molecule has 8 heteroatoms. The molecule has 1 aromatic heterocycles. The van der Waals surface area contributed by atoms with Gasteiger partial charge in [0.2, 0.25) is 5.91 Å². The van der Waals surface area contributed by atoms with E-state index in [-0.39, 0.29) is 11.7 Å². The lowest BCUT2D eigenvalue weighted by Gasteiger charge is -2.34. The Morgan fingerprint density at radius 3 is 2.63 bits per heavy atom. The number of nitrogens with one attached hydrogen (secondary N) is 1. The molecule has 1 fully saturated rings. The van der Waals surface area contributed by atoms with E-state index in [9.17, 15) is 9.18 Å². The van der Waals surface area contributed by atoms with Crippen molar-refractivity contribution < 1.29 is 9.18 Å². The fourth-order valence-corrected chi connectivity index (χ4v) is 3.78. The number of amides is 1. The van der Waals surface area contributed by atoms with Gasteiger partial charge in [-0.25, -0.2) is 4.39 Å². The molecule has 0 aliphatic carbocycles. The second kappa shape index (κ2) is 8.08. The van der Waals surface area contributed by atoms with Crippen molar-refractivity contribution in [2.45, 2.75) is 6.54 Å². The Hall–Kier alpha value is -2.42. The number of rotatable bonds is 5. The summed E-state index contributed by atoms with van der Waals surface area (Å²) < 4.78 is 21.6. The molecule has 0 atom stereocenters. The van der Waals surface area contributed by atoms with Gasteiger partial charge in [-0.2, -0.15) is 8.75 Å². The van der Waals surface area contributed by atoms with Gasteiger partial charge in [-0.3, -0.25) is 14.6 Å². The molecular weight excluding hydrogens is 365 g/mol. The van der Waals surface area contributed by atoms with Gasteiger partial charge in [-0.05, 0) is 35.9 Å². The summed E-state index contributed by atoms with van der Waals surface area (Å²) in [6.07, 6.45) is 0. The zero-order chi connectivity index (χ0) is 18.6. The first-order valence-corrected chi connectivity index (χ1v) is 9.60. The first kappa shape index (κ1) is 18.0. The van der Waals surface area contributed by atoms with Gasteiger partial charge in [-0.1, -0.05) is 12.1 Å². The Morgan fingerprint density at radius 2 is 1.81 bits per heavy atom. The molecule has 6 nitrogen and oxygen atoms in total. The topological polar surface area (TPSA) is 61.4 Å². The number of nitrogens with zero attached hydrogens (tertiary/aromatic N) is 4. The smallest absolute Gasteiger partial charge is 0.238 e. The number of hydrogen-bond donors (Lipinski definition) is 1. The molecule has 1 saturated heterocycles. The molecule has 0 unspecified atom stereocenters. The molecule has 2 heterocycles. The number of anilines is 1. The lowest BCUT2D eigenvalue weighted by atomic mass is 10.2. The van der Waals surface area contributed by atoms with Crippen LogP contribution in [0.3, 0.4) is 0 Å². The van der Waals surface area contributed by atoms with Crippen LogP contribution in [0.15, 0.2) is 42.5 Å². The first-order valence-electron chi connectivity index (χ1n) is 8.87. The lowest BCUT2D eigenvalue weighted by molar-refractivity contribution is -0.117. The summed E-state index contributed by atoms with van der Waals surface area (Å²) in [4.78, 5) is 16.7. The summed E-state index contributed by atoms with van der Waals surface area (Å²) in [5.41, 5.74) is 3.36. The average molecular weight is 385 g/mol. The second-order valence-electron chi connectivity index (χ2n) is 6.70. The Labute approximate surface area is 160 Å². The third kappa shape index (κ3) is 4.65. The minimum absolute atomic E-state index is 0.0314. The van der Waals surface area contributed by atoms with Crippen LogP contribution in [0.5, 0.6) is 0 Å². The molecule has 0 bridgehead atoms. The number of aromatic nitrogens is 2. The normalized spacial score (nSPS) is 15.9. The standard InChI is InChI=1S/C19H20FN5OS/c20-15-3-1-2-14(10-15)12-24-6-8-25(9-7-24)13-19(26)21-16-4-5-17-18(11-16)23-27-22-17/h1-5,10-11H,6-9,12-13H2,(H,21,26). The lowest BCUT2D eigenvalue weighted by Crippen LogP contribution is -2.48. The van der Waals surface area contributed by atoms with Gasteiger partial charge in [0.15, 0.2) is 0 Å². The largest absolute Gasteiger partial charge is 0.325 e. The zero-order valence-corrected chi connectivity index (χ0v) is 15.6. The van der Waals surface area contributed by atoms with Gasteiger partial charge in [-0.15, -0.1) is 0 Å². The van der Waals surface area contributed by atoms with E-state index in [1.807, 2.05) is 24.3 Å². The summed E-state index contributed by atoms with van der Waals surface area (Å²) in [7, 11) is 0. The van der Waals surface area contributed by atoms with Gasteiger partial charge < -0.3 is 5.32 Å². The van der Waals surface area contributed by atoms with E-state index in [4.69, 9.17) is 0 Å². The van der Waals surface area contributed by atoms with Crippen LogP contribution in [0.25, 0.3) is 11.0 Å². The van der Waals surface area contributed by atoms with Crippen LogP contribution >= 0.6 is 11.7 Å². The van der Waals surface area contributed by atoms with E-state index < -0.39 is 0 Å². The Kier molecular flexibility index (Phi) is 5.38. The molecule has 2 aromatic carbocycles. The summed E-state index contributed by atoms with van der Waals surface area (Å²) in [6.45, 7) is 4.46. The van der Waals surface area contributed by atoms with Crippen LogP contribution in [0.1, 0.15) is 5.56 Å². The summed E-state index contributed by atoms with van der Waals surface area (Å²) >= 11 is 1.16. The zero-order valence-electron chi connectivity index (χ0n) is 14.8. The maximum Gasteiger partial charge on any atom is 0.238 e. The van der Waals surface area contributed by atoms with Gasteiger partial charge in [0.05, 0.1) is 18.3 Å². The maximum atomic E-state index is 13.3. The van der Waals surface area contributed by atoms with Crippen molar-refractivity contribution in [2.75, 3.05) is 38.0 Å². The Morgan fingerprint density at radius 1 is 1.04 bits per heavy atom. The predicted octanol–water partition coefficient (Wildman–Crippen LogP) is 2.59. The number of fused-ring (bicyclic) bond motifs is 1. The Bertz CT molecular complexity index is 939. The Balaban J connectivity index is 1.25. The van der Waals surface area contributed by atoms with Crippen molar-refractivity contribution in [3.63, 3.8) is 0 Å². The third-order valence-electron chi connectivity index (χ3n) is 4.66. The summed E-state index contributed by atoms with van der Waals surface area (Å²) in [5, 5.41) is 2.93. The minimum Gasteiger partial charge on any atom is -0.325 e. The van der Waals surface area contributed by atoms with Crippen molar-refractivity contribution in [3.8, 4) is 0 Å². The van der Waals surface area contributed by atoms with E-state index >= 15 is 0 Å². The SMILES string of the molecule is O=C(CN1CCN(Cc2cccc(F)c2)CC1)Nc1ccc2nsnc2c1. The number of carbonyl (C=O) groups excluding carboxylic acids is 1. The molecule has 140 valence electrons. The van der Waals surface area contributed by atoms with Crippen molar-refractivity contribution >= 4 is 34.4 Å². The van der Waals surface area contributed by atoms with E-state index in [1.165, 1.54) is 6.07 Å². The van der Waals surface area contributed by atoms with Crippen LogP contribution in [-0.4, -0.2) is 57.2 Å². The molecule has 27 heavy (non-hydrogen) atoms. The minimum atomic E-state index is -0.200. The van der Waals surface area contributed by atoms with Gasteiger partial charge in [0.1, 0.15) is 16.9 Å². The molecule has 0 radical (unpaired) electrons. The molecule has 0 spiro atoms. The monoisotopic (exact) mass is 385 g/mol. The predicted molar refractivity (Wildman–Crippen MR) is 104 cm³/mol. The fraction of sp³-hybridized carbons (Fsp3) is 0.316. The number of carbonyl (C=O) groups is 1. The second-order valence-corrected chi connectivity index (χ2v) is 7.23. The molecular formula is C19H20FN5OS. The number of piperazine rings is 1. The van der Waals surface area contributed by atoms with Gasteiger partial charge in [0.25, 0.3) is 0 Å². The highest BCUT2D eigenvalue weighted by Crippen LogP contribution is 2.17. The van der Waals surface area contributed by atoms with Gasteiger partial charge >= 0.3 is 0 Å². The summed E-state index contributed by atoms with van der Waals surface area (Å²) in [5.74, 6) is -0.231. The van der Waals surface area contributed by atoms with E-state index in [2.05, 4.69) is 23.9 Å². The van der Waals surface area contributed by atoms with Gasteiger partial charge in [0, 0.05) is 38.4 Å². The molecule has 3 aromatic rings. The number of hydrogen-bond acceptors (Lipinski definition) is 6. The van der Waals surface area contributed by atoms with Crippen LogP contribution < -0.4 is 5.32 Å². The van der Waals surface area contributed by atoms with E-state index in [0.29, 0.717) is 6.54 Å². The molecule has 1 aliphatic rings. The van der Waals surface area contributed by atoms with Crippen LogP contribution in [-0.2, 0) is 11.3 Å². The summed E-state index contributed by atoms with van der Waals surface area (Å²) in [6, 6.07) is 12.3. The van der Waals surface area contributed by atoms with E-state index in [1.54, 1.807) is 12.1 Å². The fourth-order valence-electron chi connectivity index (χ4n) is 3.26. The quantitative estimate of drug-likeness (QED) is 0.732. The number of benzene rings is 2. The molecule has 1 aliphatic heterocycles. The highest BCUT2D eigenvalue weighted by atomic mass is 32.1. The molecule has 0 saturated carbocycles. The van der Waals surface area contributed by atoms with Crippen molar-refractivity contribution in [1.82, 2.24) is 18.5 Å². The number of halogens is 1. The average Bonchev–Trinajstić information content (AvgIpc) is 3.11. The van der Waals surface area contributed by atoms with Crippen molar-refractivity contribution in [1.29, 1.82) is 0 Å². The molecule has 1 amide bonds. The van der Waals surface area contributed by atoms with Crippen LogP contribution in [0.4, 0.5) is 10.1 Å². The van der Waals surface area contributed by atoms with E-state index in [0.717, 1.165) is 66.7 Å². The van der Waals surface area contributed by atoms with Crippen molar-refractivity contribution in [2.24, 2.45) is 0 Å². The van der Waals surface area contributed by atoms with Crippen LogP contribution in [0.2, 0.25) is 0 Å². The first-order chi connectivity index (χ1) is 13.2. The highest BCUT2D eigenvalue weighted by molar-refractivity contribution is 7.00. The molecule has 4 rings (SSSR count).